The first kappa shape index (κ1) is 16.9. The van der Waals surface area contributed by atoms with Crippen molar-refractivity contribution in [1.29, 1.82) is 5.26 Å². The van der Waals surface area contributed by atoms with Gasteiger partial charge in [0, 0.05) is 10.7 Å². The summed E-state index contributed by atoms with van der Waals surface area (Å²) in [5, 5.41) is 12.1. The van der Waals surface area contributed by atoms with Crippen LogP contribution in [0.4, 0.5) is 5.69 Å². The minimum absolute atomic E-state index is 0.243. The average molecular weight is 329 g/mol. The normalized spacial score (nSPS) is 11.4. The molecule has 23 heavy (non-hydrogen) atoms. The number of aryl methyl sites for hydroxylation is 1. The fourth-order valence-electron chi connectivity index (χ4n) is 2.03. The summed E-state index contributed by atoms with van der Waals surface area (Å²) in [6, 6.07) is 14.5. The van der Waals surface area contributed by atoms with Crippen LogP contribution in [0.25, 0.3) is 0 Å². The van der Waals surface area contributed by atoms with Crippen molar-refractivity contribution >= 4 is 23.2 Å². The summed E-state index contributed by atoms with van der Waals surface area (Å²) in [4.78, 5) is 12.2. The standard InChI is InChI=1S/C18H17ClN2O2/c1-12-11-15(19)5-8-17(12)23-13(2)18(22)21-16-6-3-14(4-7-16)9-10-20/h3-8,11,13H,9H2,1-2H3,(H,21,22). The maximum atomic E-state index is 12.2. The number of carbonyl (C=O) groups is 1. The van der Waals surface area contributed by atoms with Crippen LogP contribution in [-0.4, -0.2) is 12.0 Å². The molecule has 0 aliphatic carbocycles. The Bertz CT molecular complexity index is 736. The topological polar surface area (TPSA) is 62.1 Å². The molecule has 0 aliphatic heterocycles. The molecular formula is C18H17ClN2O2. The van der Waals surface area contributed by atoms with Gasteiger partial charge in [0.15, 0.2) is 6.10 Å². The van der Waals surface area contributed by atoms with Gasteiger partial charge in [0.2, 0.25) is 0 Å². The fraction of sp³-hybridized carbons (Fsp3) is 0.222. The smallest absolute Gasteiger partial charge is 0.265 e. The zero-order valence-corrected chi connectivity index (χ0v) is 13.7. The molecule has 0 aliphatic rings. The Labute approximate surface area is 140 Å². The van der Waals surface area contributed by atoms with E-state index in [1.54, 1.807) is 37.3 Å². The third-order valence-electron chi connectivity index (χ3n) is 3.31. The van der Waals surface area contributed by atoms with E-state index in [2.05, 4.69) is 11.4 Å². The molecule has 1 amide bonds. The highest BCUT2D eigenvalue weighted by Gasteiger charge is 2.16. The third-order valence-corrected chi connectivity index (χ3v) is 3.55. The van der Waals surface area contributed by atoms with Gasteiger partial charge in [0.1, 0.15) is 5.75 Å². The average Bonchev–Trinajstić information content (AvgIpc) is 2.52. The van der Waals surface area contributed by atoms with E-state index < -0.39 is 6.10 Å². The maximum absolute atomic E-state index is 12.2. The fourth-order valence-corrected chi connectivity index (χ4v) is 2.26. The summed E-state index contributed by atoms with van der Waals surface area (Å²) >= 11 is 5.90. The number of ether oxygens (including phenoxy) is 1. The van der Waals surface area contributed by atoms with Crippen LogP contribution in [-0.2, 0) is 11.2 Å². The second kappa shape index (κ2) is 7.66. The quantitative estimate of drug-likeness (QED) is 0.898. The van der Waals surface area contributed by atoms with Gasteiger partial charge >= 0.3 is 0 Å². The van der Waals surface area contributed by atoms with E-state index in [1.165, 1.54) is 0 Å². The Morgan fingerprint density at radius 1 is 1.30 bits per heavy atom. The summed E-state index contributed by atoms with van der Waals surface area (Å²) in [5.74, 6) is 0.383. The lowest BCUT2D eigenvalue weighted by Crippen LogP contribution is -2.30. The number of carbonyl (C=O) groups excluding carboxylic acids is 1. The van der Waals surface area contributed by atoms with Gasteiger partial charge < -0.3 is 10.1 Å². The maximum Gasteiger partial charge on any atom is 0.265 e. The minimum Gasteiger partial charge on any atom is -0.481 e. The van der Waals surface area contributed by atoms with Crippen molar-refractivity contribution < 1.29 is 9.53 Å². The lowest BCUT2D eigenvalue weighted by molar-refractivity contribution is -0.122. The highest BCUT2D eigenvalue weighted by Crippen LogP contribution is 2.23. The minimum atomic E-state index is -0.645. The van der Waals surface area contributed by atoms with E-state index in [4.69, 9.17) is 21.6 Å². The first-order chi connectivity index (χ1) is 11.0. The number of hydrogen-bond acceptors (Lipinski definition) is 3. The van der Waals surface area contributed by atoms with Gasteiger partial charge in [0.05, 0.1) is 12.5 Å². The molecule has 0 fully saturated rings. The molecule has 1 atom stereocenters. The van der Waals surface area contributed by atoms with Gasteiger partial charge in [-0.15, -0.1) is 0 Å². The molecular weight excluding hydrogens is 312 g/mol. The highest BCUT2D eigenvalue weighted by molar-refractivity contribution is 6.30. The van der Waals surface area contributed by atoms with Crippen LogP contribution in [0.3, 0.4) is 0 Å². The Balaban J connectivity index is 1.98. The van der Waals surface area contributed by atoms with Crippen molar-refractivity contribution in [3.63, 3.8) is 0 Å². The second-order valence-corrected chi connectivity index (χ2v) is 5.63. The van der Waals surface area contributed by atoms with E-state index in [0.717, 1.165) is 11.1 Å². The third kappa shape index (κ3) is 4.73. The molecule has 0 bridgehead atoms. The van der Waals surface area contributed by atoms with E-state index in [9.17, 15) is 4.79 Å². The largest absolute Gasteiger partial charge is 0.481 e. The van der Waals surface area contributed by atoms with E-state index in [-0.39, 0.29) is 5.91 Å². The van der Waals surface area contributed by atoms with Crippen molar-refractivity contribution in [3.8, 4) is 11.8 Å². The van der Waals surface area contributed by atoms with Gasteiger partial charge in [-0.3, -0.25) is 4.79 Å². The zero-order valence-electron chi connectivity index (χ0n) is 13.0. The number of anilines is 1. The molecule has 0 heterocycles. The molecule has 2 aromatic carbocycles. The highest BCUT2D eigenvalue weighted by atomic mass is 35.5. The predicted molar refractivity (Wildman–Crippen MR) is 90.7 cm³/mol. The molecule has 4 nitrogen and oxygen atoms in total. The number of hydrogen-bond donors (Lipinski definition) is 1. The van der Waals surface area contributed by atoms with E-state index in [0.29, 0.717) is 22.9 Å². The van der Waals surface area contributed by atoms with E-state index in [1.807, 2.05) is 19.1 Å². The summed E-state index contributed by atoms with van der Waals surface area (Å²) in [6.07, 6.45) is -0.294. The second-order valence-electron chi connectivity index (χ2n) is 5.19. The lowest BCUT2D eigenvalue weighted by Gasteiger charge is -2.16. The van der Waals surface area contributed by atoms with E-state index >= 15 is 0 Å². The van der Waals surface area contributed by atoms with Gasteiger partial charge in [-0.25, -0.2) is 0 Å². The predicted octanol–water partition coefficient (Wildman–Crippen LogP) is 4.12. The summed E-state index contributed by atoms with van der Waals surface area (Å²) in [7, 11) is 0. The van der Waals surface area contributed by atoms with Crippen LogP contribution < -0.4 is 10.1 Å². The summed E-state index contributed by atoms with van der Waals surface area (Å²) < 4.78 is 5.68. The van der Waals surface area contributed by atoms with Crippen LogP contribution in [0, 0.1) is 18.3 Å². The summed E-state index contributed by atoms with van der Waals surface area (Å²) in [5.41, 5.74) is 2.45. The molecule has 5 heteroatoms. The lowest BCUT2D eigenvalue weighted by atomic mass is 10.1. The Morgan fingerprint density at radius 3 is 2.61 bits per heavy atom. The Kier molecular flexibility index (Phi) is 5.61. The molecule has 0 aromatic heterocycles. The van der Waals surface area contributed by atoms with Gasteiger partial charge in [-0.2, -0.15) is 5.26 Å². The van der Waals surface area contributed by atoms with Crippen molar-refractivity contribution in [2.24, 2.45) is 0 Å². The molecule has 1 unspecified atom stereocenters. The van der Waals surface area contributed by atoms with Crippen LogP contribution in [0.2, 0.25) is 5.02 Å². The molecule has 118 valence electrons. The van der Waals surface area contributed by atoms with Crippen molar-refractivity contribution in [3.05, 3.63) is 58.6 Å². The van der Waals surface area contributed by atoms with Crippen molar-refractivity contribution in [2.45, 2.75) is 26.4 Å². The Hall–Kier alpha value is -2.51. The van der Waals surface area contributed by atoms with Crippen molar-refractivity contribution in [1.82, 2.24) is 0 Å². The van der Waals surface area contributed by atoms with Crippen LogP contribution in [0.5, 0.6) is 5.75 Å². The number of nitriles is 1. The number of halogens is 1. The molecule has 2 rings (SSSR count). The molecule has 0 saturated carbocycles. The van der Waals surface area contributed by atoms with Crippen molar-refractivity contribution in [2.75, 3.05) is 5.32 Å². The zero-order chi connectivity index (χ0) is 16.8. The van der Waals surface area contributed by atoms with Crippen LogP contribution in [0.1, 0.15) is 18.1 Å². The number of nitrogens with zero attached hydrogens (tertiary/aromatic N) is 1. The number of amides is 1. The number of rotatable bonds is 5. The summed E-state index contributed by atoms with van der Waals surface area (Å²) in [6.45, 7) is 3.56. The number of benzene rings is 2. The first-order valence-corrected chi connectivity index (χ1v) is 7.57. The van der Waals surface area contributed by atoms with Gasteiger partial charge in [0.25, 0.3) is 5.91 Å². The van der Waals surface area contributed by atoms with Gasteiger partial charge in [-0.05, 0) is 55.3 Å². The molecule has 0 spiro atoms. The molecule has 0 saturated heterocycles. The molecule has 1 N–H and O–H groups in total. The number of nitrogens with one attached hydrogen (secondary N) is 1. The van der Waals surface area contributed by atoms with Crippen LogP contribution in [0.15, 0.2) is 42.5 Å². The monoisotopic (exact) mass is 328 g/mol. The molecule has 0 radical (unpaired) electrons. The first-order valence-electron chi connectivity index (χ1n) is 7.19. The molecule has 2 aromatic rings. The van der Waals surface area contributed by atoms with Gasteiger partial charge in [-0.1, -0.05) is 23.7 Å². The van der Waals surface area contributed by atoms with Crippen LogP contribution >= 0.6 is 11.6 Å². The Morgan fingerprint density at radius 2 is 2.00 bits per heavy atom. The SMILES string of the molecule is Cc1cc(Cl)ccc1OC(C)C(=O)Nc1ccc(CC#N)cc1.